The number of hydrogen-bond donors (Lipinski definition) is 1. The van der Waals surface area contributed by atoms with Gasteiger partial charge in [0.2, 0.25) is 0 Å². The third-order valence-corrected chi connectivity index (χ3v) is 5.04. The summed E-state index contributed by atoms with van der Waals surface area (Å²) in [5, 5.41) is 8.98. The lowest BCUT2D eigenvalue weighted by molar-refractivity contribution is 0.148. The molecule has 2 aliphatic rings. The van der Waals surface area contributed by atoms with Crippen molar-refractivity contribution < 1.29 is 0 Å². The lowest BCUT2D eigenvalue weighted by Gasteiger charge is -2.34. The first-order valence-electron chi connectivity index (χ1n) is 7.75. The van der Waals surface area contributed by atoms with Crippen LogP contribution >= 0.6 is 12.4 Å². The van der Waals surface area contributed by atoms with Gasteiger partial charge < -0.3 is 10.6 Å². The molecule has 2 fully saturated rings. The first kappa shape index (κ1) is 16.1. The largest absolute Gasteiger partial charge is 0.399 e. The molecule has 3 nitrogen and oxygen atoms in total. The van der Waals surface area contributed by atoms with E-state index in [0.29, 0.717) is 11.8 Å². The summed E-state index contributed by atoms with van der Waals surface area (Å²) in [4.78, 5) is 2.62. The van der Waals surface area contributed by atoms with Gasteiger partial charge in [-0.15, -0.1) is 12.4 Å². The van der Waals surface area contributed by atoms with Crippen LogP contribution in [0.4, 0.5) is 5.69 Å². The third kappa shape index (κ3) is 3.70. The zero-order chi connectivity index (χ0) is 13.9. The molecule has 3 rings (SSSR count). The quantitative estimate of drug-likeness (QED) is 0.850. The number of piperidine rings is 1. The normalized spacial score (nSPS) is 27.0. The number of nitrogens with two attached hydrogens (primary N) is 1. The van der Waals surface area contributed by atoms with Crippen LogP contribution in [0.15, 0.2) is 24.3 Å². The van der Waals surface area contributed by atoms with Crippen LogP contribution < -0.4 is 5.73 Å². The fraction of sp³-hybridized carbons (Fsp3) is 0.588. The smallest absolute Gasteiger partial charge is 0.0656 e. The van der Waals surface area contributed by atoms with Gasteiger partial charge in [-0.05, 0) is 68.8 Å². The van der Waals surface area contributed by atoms with Crippen LogP contribution in [0, 0.1) is 17.2 Å². The highest BCUT2D eigenvalue weighted by molar-refractivity contribution is 5.85. The van der Waals surface area contributed by atoms with Crippen molar-refractivity contribution in [3.05, 3.63) is 29.8 Å². The predicted octanol–water partition coefficient (Wildman–Crippen LogP) is 3.56. The van der Waals surface area contributed by atoms with Gasteiger partial charge in [0.15, 0.2) is 0 Å². The molecular formula is C17H24ClN3. The highest BCUT2D eigenvalue weighted by atomic mass is 35.5. The minimum absolute atomic E-state index is 0. The molecule has 0 amide bonds. The molecule has 21 heavy (non-hydrogen) atoms. The average Bonchev–Trinajstić information content (AvgIpc) is 2.98. The molecule has 2 atom stereocenters. The second-order valence-electron chi connectivity index (χ2n) is 6.27. The van der Waals surface area contributed by atoms with Gasteiger partial charge >= 0.3 is 0 Å². The van der Waals surface area contributed by atoms with Crippen LogP contribution in [0.1, 0.15) is 43.6 Å². The van der Waals surface area contributed by atoms with E-state index in [-0.39, 0.29) is 12.4 Å². The fourth-order valence-electron chi connectivity index (χ4n) is 3.75. The first-order chi connectivity index (χ1) is 9.76. The summed E-state index contributed by atoms with van der Waals surface area (Å²) in [5.74, 6) is 0.981. The van der Waals surface area contributed by atoms with Crippen molar-refractivity contribution in [3.63, 3.8) is 0 Å². The molecule has 1 saturated carbocycles. The lowest BCUT2D eigenvalue weighted by Crippen LogP contribution is -2.40. The van der Waals surface area contributed by atoms with Crippen molar-refractivity contribution in [2.45, 2.75) is 44.1 Å². The Morgan fingerprint density at radius 3 is 2.33 bits per heavy atom. The van der Waals surface area contributed by atoms with Crippen molar-refractivity contribution in [2.75, 3.05) is 18.8 Å². The van der Waals surface area contributed by atoms with Crippen LogP contribution in [0.25, 0.3) is 0 Å². The van der Waals surface area contributed by atoms with Gasteiger partial charge in [-0.3, -0.25) is 0 Å². The van der Waals surface area contributed by atoms with Crippen LogP contribution in [0.3, 0.4) is 0 Å². The van der Waals surface area contributed by atoms with Crippen LogP contribution in [0.5, 0.6) is 0 Å². The van der Waals surface area contributed by atoms with E-state index < -0.39 is 0 Å². The number of benzene rings is 1. The van der Waals surface area contributed by atoms with E-state index in [0.717, 1.165) is 37.7 Å². The summed E-state index contributed by atoms with van der Waals surface area (Å²) in [7, 11) is 0. The topological polar surface area (TPSA) is 53.0 Å². The highest BCUT2D eigenvalue weighted by Crippen LogP contribution is 2.38. The van der Waals surface area contributed by atoms with Gasteiger partial charge in [-0.1, -0.05) is 12.1 Å². The molecule has 0 radical (unpaired) electrons. The van der Waals surface area contributed by atoms with E-state index in [1.807, 2.05) is 12.1 Å². The van der Waals surface area contributed by atoms with Crippen molar-refractivity contribution >= 4 is 18.1 Å². The Morgan fingerprint density at radius 1 is 1.05 bits per heavy atom. The summed E-state index contributed by atoms with van der Waals surface area (Å²) in [6, 6.07) is 11.5. The molecular weight excluding hydrogens is 282 g/mol. The van der Waals surface area contributed by atoms with Crippen LogP contribution in [-0.2, 0) is 0 Å². The molecule has 1 aromatic rings. The Hall–Kier alpha value is -1.24. The Bertz CT molecular complexity index is 486. The second kappa shape index (κ2) is 7.15. The zero-order valence-electron chi connectivity index (χ0n) is 12.4. The fourth-order valence-corrected chi connectivity index (χ4v) is 3.75. The molecule has 0 spiro atoms. The van der Waals surface area contributed by atoms with E-state index in [1.165, 1.54) is 24.8 Å². The molecule has 4 heteroatoms. The Morgan fingerprint density at radius 2 is 1.71 bits per heavy atom. The number of halogens is 1. The maximum absolute atomic E-state index is 8.98. The van der Waals surface area contributed by atoms with Gasteiger partial charge in [0, 0.05) is 17.6 Å². The summed E-state index contributed by atoms with van der Waals surface area (Å²) >= 11 is 0. The van der Waals surface area contributed by atoms with Gasteiger partial charge in [0.05, 0.1) is 6.07 Å². The summed E-state index contributed by atoms with van der Waals surface area (Å²) in [6.07, 6.45) is 5.96. The van der Waals surface area contributed by atoms with E-state index in [4.69, 9.17) is 11.0 Å². The zero-order valence-corrected chi connectivity index (χ0v) is 13.2. The lowest BCUT2D eigenvalue weighted by atomic mass is 9.95. The number of rotatable bonds is 2. The minimum atomic E-state index is 0. The number of nitrogens with zero attached hydrogens (tertiary/aromatic N) is 2. The molecule has 1 aliphatic heterocycles. The average molecular weight is 306 g/mol. The maximum atomic E-state index is 8.98. The standard InChI is InChI=1S/C17H23N3.ClH/c18-12-13-7-9-20(10-8-13)17-6-3-15(11-17)14-1-4-16(19)5-2-14;/h1-2,4-5,13,15,17H,3,6-11,19H2;1H. The van der Waals surface area contributed by atoms with E-state index in [9.17, 15) is 0 Å². The van der Waals surface area contributed by atoms with Crippen molar-refractivity contribution in [1.29, 1.82) is 5.26 Å². The molecule has 0 bridgehead atoms. The molecule has 0 aromatic heterocycles. The molecule has 1 aromatic carbocycles. The molecule has 2 unspecified atom stereocenters. The Kier molecular flexibility index (Phi) is 5.50. The summed E-state index contributed by atoms with van der Waals surface area (Å²) < 4.78 is 0. The number of anilines is 1. The second-order valence-corrected chi connectivity index (χ2v) is 6.27. The number of hydrogen-bond acceptors (Lipinski definition) is 3. The van der Waals surface area contributed by atoms with Gasteiger partial charge in [0.1, 0.15) is 0 Å². The van der Waals surface area contributed by atoms with Gasteiger partial charge in [-0.2, -0.15) is 5.26 Å². The SMILES string of the molecule is Cl.N#CC1CCN(C2CCC(c3ccc(N)cc3)C2)CC1. The van der Waals surface area contributed by atoms with Crippen molar-refractivity contribution in [1.82, 2.24) is 4.90 Å². The van der Waals surface area contributed by atoms with Crippen LogP contribution in [-0.4, -0.2) is 24.0 Å². The highest BCUT2D eigenvalue weighted by Gasteiger charge is 2.32. The van der Waals surface area contributed by atoms with E-state index in [2.05, 4.69) is 23.1 Å². The van der Waals surface area contributed by atoms with Crippen molar-refractivity contribution in [3.8, 4) is 6.07 Å². The summed E-state index contributed by atoms with van der Waals surface area (Å²) in [6.45, 7) is 2.22. The Labute approximate surface area is 133 Å². The van der Waals surface area contributed by atoms with Gasteiger partial charge in [0.25, 0.3) is 0 Å². The Balaban J connectivity index is 0.00000161. The monoisotopic (exact) mass is 305 g/mol. The predicted molar refractivity (Wildman–Crippen MR) is 88.4 cm³/mol. The first-order valence-corrected chi connectivity index (χ1v) is 7.75. The summed E-state index contributed by atoms with van der Waals surface area (Å²) in [5.41, 5.74) is 8.05. The van der Waals surface area contributed by atoms with Crippen LogP contribution in [0.2, 0.25) is 0 Å². The minimum Gasteiger partial charge on any atom is -0.399 e. The number of nitriles is 1. The molecule has 1 saturated heterocycles. The van der Waals surface area contributed by atoms with E-state index >= 15 is 0 Å². The number of likely N-dealkylation sites (tertiary alicyclic amines) is 1. The number of nitrogen functional groups attached to an aromatic ring is 1. The van der Waals surface area contributed by atoms with Gasteiger partial charge in [-0.25, -0.2) is 0 Å². The molecule has 2 N–H and O–H groups in total. The third-order valence-electron chi connectivity index (χ3n) is 5.04. The maximum Gasteiger partial charge on any atom is 0.0656 e. The molecule has 1 aliphatic carbocycles. The van der Waals surface area contributed by atoms with Crippen molar-refractivity contribution in [2.24, 2.45) is 5.92 Å². The van der Waals surface area contributed by atoms with E-state index in [1.54, 1.807) is 0 Å². The molecule has 114 valence electrons. The molecule has 1 heterocycles.